The zero-order valence-corrected chi connectivity index (χ0v) is 40.6. The van der Waals surface area contributed by atoms with Gasteiger partial charge in [-0.1, -0.05) is 324 Å². The fraction of sp³-hybridized carbons (Fsp3) is 0.322. The van der Waals surface area contributed by atoms with E-state index in [-0.39, 0.29) is 0 Å². The quantitative estimate of drug-likeness (QED) is 0.143. The first-order valence-electron chi connectivity index (χ1n) is 22.9. The maximum absolute atomic E-state index is 2.12. The predicted molar refractivity (Wildman–Crippen MR) is 280 cm³/mol. The highest BCUT2D eigenvalue weighted by atomic mass is 13.9. The monoisotopic (exact) mass is 795 g/mol. The van der Waals surface area contributed by atoms with Crippen molar-refractivity contribution in [3.8, 4) is 0 Å². The van der Waals surface area contributed by atoms with Crippen molar-refractivity contribution in [3.63, 3.8) is 0 Å². The van der Waals surface area contributed by atoms with Gasteiger partial charge in [-0.05, 0) is 43.1 Å². The van der Waals surface area contributed by atoms with Crippen LogP contribution in [0, 0.1) is 0 Å². The molecule has 0 saturated carbocycles. The molecule has 0 amide bonds. The van der Waals surface area contributed by atoms with Crippen LogP contribution in [0.15, 0.2) is 194 Å². The molecule has 0 heterocycles. The number of hydrogen-bond donors (Lipinski definition) is 0. The van der Waals surface area contributed by atoms with Gasteiger partial charge < -0.3 is 0 Å². The summed E-state index contributed by atoms with van der Waals surface area (Å²) in [5.41, 5.74) is 0. The smallest absolute Gasteiger partial charge is 0.0184 e. The molecule has 0 fully saturated rings. The van der Waals surface area contributed by atoms with Gasteiger partial charge in [-0.3, -0.25) is 0 Å². The summed E-state index contributed by atoms with van der Waals surface area (Å²) in [6.07, 6.45) is 3.75. The van der Waals surface area contributed by atoms with Crippen molar-refractivity contribution in [2.45, 2.75) is 130 Å². The van der Waals surface area contributed by atoms with Gasteiger partial charge in [0.2, 0.25) is 0 Å². The largest absolute Gasteiger partial charge is 0.0683 e. The van der Waals surface area contributed by atoms with Crippen molar-refractivity contribution in [3.05, 3.63) is 194 Å². The van der Waals surface area contributed by atoms with Gasteiger partial charge in [0.15, 0.2) is 0 Å². The zero-order valence-electron chi connectivity index (χ0n) is 40.6. The molecule has 59 heavy (non-hydrogen) atoms. The van der Waals surface area contributed by atoms with Gasteiger partial charge in [0, 0.05) is 0 Å². The van der Waals surface area contributed by atoms with Crippen LogP contribution in [-0.4, -0.2) is 0 Å². The summed E-state index contributed by atoms with van der Waals surface area (Å²) in [6.45, 7) is 32.8. The van der Waals surface area contributed by atoms with E-state index < -0.39 is 0 Å². The molecule has 322 valence electrons. The molecule has 0 unspecified atom stereocenters. The van der Waals surface area contributed by atoms with E-state index in [1.807, 2.05) is 69.2 Å². The van der Waals surface area contributed by atoms with Crippen molar-refractivity contribution in [1.82, 2.24) is 0 Å². The summed E-state index contributed by atoms with van der Waals surface area (Å²) >= 11 is 0. The molecule has 0 aliphatic carbocycles. The second kappa shape index (κ2) is 48.9. The van der Waals surface area contributed by atoms with Gasteiger partial charge in [-0.2, -0.15) is 0 Å². The van der Waals surface area contributed by atoms with E-state index in [2.05, 4.69) is 236 Å². The molecule has 0 aromatic heterocycles. The minimum Gasteiger partial charge on any atom is -0.0683 e. The zero-order chi connectivity index (χ0) is 45.4. The highest BCUT2D eigenvalue weighted by molar-refractivity contribution is 5.84. The highest BCUT2D eigenvalue weighted by Crippen LogP contribution is 2.13. The summed E-state index contributed by atoms with van der Waals surface area (Å²) in [6, 6.07) is 66.9. The van der Waals surface area contributed by atoms with Crippen LogP contribution in [0.25, 0.3) is 43.1 Å². The van der Waals surface area contributed by atoms with Crippen molar-refractivity contribution < 1.29 is 0 Å². The molecule has 8 rings (SSSR count). The molecule has 0 N–H and O–H groups in total. The van der Waals surface area contributed by atoms with Crippen molar-refractivity contribution >= 4 is 43.1 Å². The average Bonchev–Trinajstić information content (AvgIpc) is 3.34. The standard InChI is InChI=1S/4C10H8.3C3H8.5C2H6/c4*1-2-6-10-8-4-3-7-9(10)5-1;3*1-3-2;5*1-2/h4*1-8H;3*3H2,1-2H3;5*1-2H3. The molecule has 0 bridgehead atoms. The van der Waals surface area contributed by atoms with Crippen LogP contribution in [0.4, 0.5) is 0 Å². The van der Waals surface area contributed by atoms with Crippen molar-refractivity contribution in [2.24, 2.45) is 0 Å². The molecule has 0 radical (unpaired) electrons. The molecule has 8 aromatic carbocycles. The first-order valence-corrected chi connectivity index (χ1v) is 22.9. The Morgan fingerprint density at radius 3 is 0.271 bits per heavy atom. The summed E-state index contributed by atoms with van der Waals surface area (Å²) in [4.78, 5) is 0. The minimum atomic E-state index is 1.25. The summed E-state index contributed by atoms with van der Waals surface area (Å²) < 4.78 is 0. The van der Waals surface area contributed by atoms with Gasteiger partial charge in [-0.25, -0.2) is 0 Å². The lowest BCUT2D eigenvalue weighted by molar-refractivity contribution is 1.09. The molecular weight excluding hydrogens is 709 g/mol. The molecule has 0 heteroatoms. The normalized spacial score (nSPS) is 8.20. The third-order valence-corrected chi connectivity index (χ3v) is 6.63. The Labute approximate surface area is 365 Å². The fourth-order valence-electron chi connectivity index (χ4n) is 4.53. The number of fused-ring (bicyclic) bond motifs is 4. The first-order chi connectivity index (χ1) is 29.1. The Hall–Kier alpha value is -5.20. The summed E-state index contributed by atoms with van der Waals surface area (Å²) in [5, 5.41) is 10.5. The van der Waals surface area contributed by atoms with E-state index in [1.165, 1.54) is 62.4 Å². The van der Waals surface area contributed by atoms with E-state index in [1.54, 1.807) is 0 Å². The van der Waals surface area contributed by atoms with Gasteiger partial charge in [0.1, 0.15) is 0 Å². The number of benzene rings is 8. The van der Waals surface area contributed by atoms with Crippen LogP contribution >= 0.6 is 0 Å². The third-order valence-electron chi connectivity index (χ3n) is 6.63. The Balaban J connectivity index is -0.000000301. The van der Waals surface area contributed by atoms with Crippen LogP contribution < -0.4 is 0 Å². The molecule has 0 nitrogen and oxygen atoms in total. The van der Waals surface area contributed by atoms with E-state index >= 15 is 0 Å². The first kappa shape index (κ1) is 60.5. The van der Waals surface area contributed by atoms with Crippen LogP contribution in [-0.2, 0) is 0 Å². The Bertz CT molecular complexity index is 1420. The SMILES string of the molecule is CC.CC.CC.CC.CC.CCC.CCC.CCC.c1ccc2ccccc2c1.c1ccc2ccccc2c1.c1ccc2ccccc2c1.c1ccc2ccccc2c1. The number of rotatable bonds is 0. The predicted octanol–water partition coefficient (Wildman–Crippen LogP) is 20.7. The van der Waals surface area contributed by atoms with E-state index in [0.29, 0.717) is 0 Å². The number of hydrogen-bond acceptors (Lipinski definition) is 0. The molecule has 0 atom stereocenters. The van der Waals surface area contributed by atoms with Gasteiger partial charge in [0.25, 0.3) is 0 Å². The van der Waals surface area contributed by atoms with Crippen LogP contribution in [0.2, 0.25) is 0 Å². The van der Waals surface area contributed by atoms with Crippen molar-refractivity contribution in [1.29, 1.82) is 0 Å². The minimum absolute atomic E-state index is 1.25. The molecule has 8 aromatic rings. The topological polar surface area (TPSA) is 0 Å². The average molecular weight is 795 g/mol. The van der Waals surface area contributed by atoms with Crippen LogP contribution in [0.5, 0.6) is 0 Å². The summed E-state index contributed by atoms with van der Waals surface area (Å²) in [5.74, 6) is 0. The molecular formula is C59H86. The lowest BCUT2D eigenvalue weighted by Crippen LogP contribution is -1.67. The second-order valence-corrected chi connectivity index (χ2v) is 11.5. The maximum atomic E-state index is 2.12. The fourth-order valence-corrected chi connectivity index (χ4v) is 4.53. The Morgan fingerprint density at radius 1 is 0.169 bits per heavy atom. The van der Waals surface area contributed by atoms with E-state index in [4.69, 9.17) is 0 Å². The highest BCUT2D eigenvalue weighted by Gasteiger charge is 1.87. The van der Waals surface area contributed by atoms with Crippen molar-refractivity contribution in [2.75, 3.05) is 0 Å². The van der Waals surface area contributed by atoms with Crippen LogP contribution in [0.3, 0.4) is 0 Å². The maximum Gasteiger partial charge on any atom is -0.0184 e. The Kier molecular flexibility index (Phi) is 50.2. The third kappa shape index (κ3) is 30.5. The summed E-state index contributed by atoms with van der Waals surface area (Å²) in [7, 11) is 0. The molecule has 0 spiro atoms. The molecule has 0 saturated heterocycles. The molecule has 0 aliphatic heterocycles. The van der Waals surface area contributed by atoms with Gasteiger partial charge in [-0.15, -0.1) is 0 Å². The van der Waals surface area contributed by atoms with Crippen LogP contribution in [0.1, 0.15) is 130 Å². The lowest BCUT2D eigenvalue weighted by atomic mass is 10.1. The second-order valence-electron chi connectivity index (χ2n) is 11.5. The van der Waals surface area contributed by atoms with Gasteiger partial charge >= 0.3 is 0 Å². The van der Waals surface area contributed by atoms with E-state index in [0.717, 1.165) is 0 Å². The Morgan fingerprint density at radius 2 is 0.220 bits per heavy atom. The molecule has 0 aliphatic rings. The lowest BCUT2D eigenvalue weighted by Gasteiger charge is -1.92. The van der Waals surface area contributed by atoms with E-state index in [9.17, 15) is 0 Å². The van der Waals surface area contributed by atoms with Gasteiger partial charge in [0.05, 0.1) is 0 Å².